The van der Waals surface area contributed by atoms with Crippen molar-refractivity contribution < 1.29 is 14.3 Å². The maximum absolute atomic E-state index is 14.0. The monoisotopic (exact) mass is 493 g/mol. The number of piperidine rings is 1. The Balaban J connectivity index is 1.73. The molecule has 3 aromatic rings. The summed E-state index contributed by atoms with van der Waals surface area (Å²) in [4.78, 5) is 42.0. The lowest BCUT2D eigenvalue weighted by atomic mass is 10.0. The molecule has 184 valence electrons. The van der Waals surface area contributed by atoms with Gasteiger partial charge in [0, 0.05) is 29.9 Å². The summed E-state index contributed by atoms with van der Waals surface area (Å²) in [6, 6.07) is 17.9. The molecule has 2 amide bonds. The van der Waals surface area contributed by atoms with Gasteiger partial charge in [0.2, 0.25) is 0 Å². The fourth-order valence-corrected chi connectivity index (χ4v) is 5.26. The molecule has 1 atom stereocenters. The first-order valence-corrected chi connectivity index (χ1v) is 12.6. The summed E-state index contributed by atoms with van der Waals surface area (Å²) < 4.78 is 8.82. The maximum atomic E-state index is 14.0. The fraction of sp³-hybridized carbons (Fsp3) is 0.370. The van der Waals surface area contributed by atoms with Crippen molar-refractivity contribution in [1.82, 2.24) is 9.47 Å². The van der Waals surface area contributed by atoms with Gasteiger partial charge in [0.15, 0.2) is 0 Å². The van der Waals surface area contributed by atoms with E-state index in [2.05, 4.69) is 0 Å². The van der Waals surface area contributed by atoms with Gasteiger partial charge in [-0.05, 0) is 70.2 Å². The lowest BCUT2D eigenvalue weighted by Crippen LogP contribution is -2.53. The number of hydrogen-bond acceptors (Lipinski definition) is 5. The van der Waals surface area contributed by atoms with Crippen molar-refractivity contribution in [2.75, 3.05) is 10.8 Å². The van der Waals surface area contributed by atoms with Gasteiger partial charge >= 0.3 is 6.09 Å². The van der Waals surface area contributed by atoms with Crippen LogP contribution in [0.25, 0.3) is 10.9 Å². The number of anilines is 1. The van der Waals surface area contributed by atoms with E-state index in [-0.39, 0.29) is 11.5 Å². The number of carbonyl (C=O) groups is 2. The number of amides is 2. The molecule has 0 aliphatic carbocycles. The predicted octanol–water partition coefficient (Wildman–Crippen LogP) is 5.37. The Morgan fingerprint density at radius 3 is 2.43 bits per heavy atom. The second-order valence-corrected chi connectivity index (χ2v) is 10.7. The molecule has 0 N–H and O–H groups in total. The number of benzene rings is 2. The van der Waals surface area contributed by atoms with Crippen molar-refractivity contribution >= 4 is 40.5 Å². The van der Waals surface area contributed by atoms with Gasteiger partial charge in [0.25, 0.3) is 11.5 Å². The highest BCUT2D eigenvalue weighted by atomic mass is 32.2. The van der Waals surface area contributed by atoms with Crippen LogP contribution < -0.4 is 9.86 Å². The lowest BCUT2D eigenvalue weighted by molar-refractivity contribution is -0.123. The van der Waals surface area contributed by atoms with E-state index in [0.29, 0.717) is 23.5 Å². The summed E-state index contributed by atoms with van der Waals surface area (Å²) >= 11 is 1.21. The third-order valence-corrected chi connectivity index (χ3v) is 7.02. The van der Waals surface area contributed by atoms with E-state index >= 15 is 0 Å². The summed E-state index contributed by atoms with van der Waals surface area (Å²) in [5.41, 5.74) is 0.664. The molecular weight excluding hydrogens is 462 g/mol. The van der Waals surface area contributed by atoms with E-state index in [4.69, 9.17) is 4.74 Å². The van der Waals surface area contributed by atoms with Crippen LogP contribution in [-0.2, 0) is 16.6 Å². The van der Waals surface area contributed by atoms with Gasteiger partial charge in [-0.3, -0.25) is 14.5 Å². The van der Waals surface area contributed by atoms with Gasteiger partial charge in [0.1, 0.15) is 11.6 Å². The van der Waals surface area contributed by atoms with Gasteiger partial charge in [-0.2, -0.15) is 0 Å². The minimum absolute atomic E-state index is 0.153. The van der Waals surface area contributed by atoms with Crippen molar-refractivity contribution in [2.45, 2.75) is 56.6 Å². The molecule has 7 nitrogen and oxygen atoms in total. The average Bonchev–Trinajstić information content (AvgIpc) is 2.84. The topological polar surface area (TPSA) is 71.9 Å². The van der Waals surface area contributed by atoms with Gasteiger partial charge in [-0.1, -0.05) is 36.4 Å². The van der Waals surface area contributed by atoms with E-state index in [0.717, 1.165) is 23.7 Å². The molecule has 4 rings (SSSR count). The highest BCUT2D eigenvalue weighted by molar-refractivity contribution is 8.01. The molecule has 0 spiro atoms. The predicted molar refractivity (Wildman–Crippen MR) is 140 cm³/mol. The first-order chi connectivity index (χ1) is 16.7. The summed E-state index contributed by atoms with van der Waals surface area (Å²) in [7, 11) is 1.74. The Hall–Kier alpha value is -3.26. The number of ether oxygens (including phenoxy) is 1. The van der Waals surface area contributed by atoms with Gasteiger partial charge < -0.3 is 9.30 Å². The van der Waals surface area contributed by atoms with Crippen LogP contribution >= 0.6 is 11.9 Å². The number of para-hydroxylation sites is 2. The first-order valence-electron chi connectivity index (χ1n) is 11.8. The lowest BCUT2D eigenvalue weighted by Gasteiger charge is -2.38. The number of pyridine rings is 1. The average molecular weight is 494 g/mol. The van der Waals surface area contributed by atoms with Crippen molar-refractivity contribution in [3.05, 3.63) is 71.0 Å². The highest BCUT2D eigenvalue weighted by Gasteiger charge is 2.38. The number of fused-ring (bicyclic) bond motifs is 1. The van der Waals surface area contributed by atoms with Gasteiger partial charge in [-0.25, -0.2) is 9.10 Å². The maximum Gasteiger partial charge on any atom is 0.410 e. The van der Waals surface area contributed by atoms with Crippen LogP contribution in [0, 0.1) is 0 Å². The molecule has 1 fully saturated rings. The number of likely N-dealkylation sites (tertiary alicyclic amines) is 1. The molecule has 8 heteroatoms. The van der Waals surface area contributed by atoms with Crippen LogP contribution in [0.5, 0.6) is 0 Å². The molecule has 0 bridgehead atoms. The van der Waals surface area contributed by atoms with Crippen LogP contribution in [0.15, 0.2) is 70.4 Å². The normalized spacial score (nSPS) is 16.2. The van der Waals surface area contributed by atoms with Crippen LogP contribution in [-0.4, -0.2) is 39.7 Å². The number of rotatable bonds is 4. The molecule has 1 aliphatic rings. The number of nitrogens with zero attached hydrogens (tertiary/aromatic N) is 3. The Labute approximate surface area is 209 Å². The summed E-state index contributed by atoms with van der Waals surface area (Å²) in [6.45, 7) is 5.92. The smallest absolute Gasteiger partial charge is 0.410 e. The molecule has 1 saturated heterocycles. The minimum atomic E-state index is -0.654. The van der Waals surface area contributed by atoms with Crippen LogP contribution in [0.4, 0.5) is 10.5 Å². The molecule has 0 saturated carbocycles. The Bertz CT molecular complexity index is 1280. The molecule has 1 unspecified atom stereocenters. The second kappa shape index (κ2) is 10.2. The fourth-order valence-electron chi connectivity index (χ4n) is 4.20. The number of aryl methyl sites for hydroxylation is 1. The van der Waals surface area contributed by atoms with E-state index < -0.39 is 17.7 Å². The minimum Gasteiger partial charge on any atom is -0.444 e. The molecule has 0 radical (unpaired) electrons. The standard InChI is InChI=1S/C27H31N3O4S/c1-27(2,3)34-26(33)29-17-11-10-16-22(29)25(32)30(19-12-6-5-7-13-19)35-23-18-24(31)28(4)21-15-9-8-14-20(21)23/h5-9,12-15,18,22H,10-11,16-17H2,1-4H3. The van der Waals surface area contributed by atoms with Crippen LogP contribution in [0.3, 0.4) is 0 Å². The van der Waals surface area contributed by atoms with Crippen molar-refractivity contribution in [3.63, 3.8) is 0 Å². The van der Waals surface area contributed by atoms with Gasteiger partial charge in [0.05, 0.1) is 11.2 Å². The Morgan fingerprint density at radius 1 is 1.03 bits per heavy atom. The van der Waals surface area contributed by atoms with E-state index in [9.17, 15) is 14.4 Å². The summed E-state index contributed by atoms with van der Waals surface area (Å²) in [6.07, 6.45) is 1.74. The van der Waals surface area contributed by atoms with E-state index in [1.165, 1.54) is 11.9 Å². The zero-order chi connectivity index (χ0) is 25.2. The Morgan fingerprint density at radius 2 is 1.71 bits per heavy atom. The first kappa shape index (κ1) is 24.9. The number of aromatic nitrogens is 1. The van der Waals surface area contributed by atoms with Crippen molar-refractivity contribution in [3.8, 4) is 0 Å². The van der Waals surface area contributed by atoms with Crippen molar-refractivity contribution in [2.24, 2.45) is 7.05 Å². The molecule has 35 heavy (non-hydrogen) atoms. The molecular formula is C27H31N3O4S. The molecule has 1 aliphatic heterocycles. The third kappa shape index (κ3) is 5.53. The number of carbonyl (C=O) groups excluding carboxylic acids is 2. The zero-order valence-corrected chi connectivity index (χ0v) is 21.4. The SMILES string of the molecule is Cn1c(=O)cc(SN(C(=O)C2CCCCN2C(=O)OC(C)(C)C)c2ccccc2)c2ccccc21. The van der Waals surface area contributed by atoms with Crippen LogP contribution in [0.2, 0.25) is 0 Å². The number of hydrogen-bond donors (Lipinski definition) is 0. The van der Waals surface area contributed by atoms with E-state index in [1.54, 1.807) is 26.9 Å². The second-order valence-electron chi connectivity index (χ2n) is 9.67. The van der Waals surface area contributed by atoms with Crippen molar-refractivity contribution in [1.29, 1.82) is 0 Å². The van der Waals surface area contributed by atoms with Crippen LogP contribution in [0.1, 0.15) is 40.0 Å². The van der Waals surface area contributed by atoms with Gasteiger partial charge in [-0.15, -0.1) is 0 Å². The largest absolute Gasteiger partial charge is 0.444 e. The summed E-state index contributed by atoms with van der Waals surface area (Å²) in [5.74, 6) is -0.212. The molecule has 1 aromatic heterocycles. The third-order valence-electron chi connectivity index (χ3n) is 5.91. The Kier molecular flexibility index (Phi) is 7.21. The highest BCUT2D eigenvalue weighted by Crippen LogP contribution is 2.35. The molecule has 2 aromatic carbocycles. The molecule has 2 heterocycles. The zero-order valence-electron chi connectivity index (χ0n) is 20.6. The quantitative estimate of drug-likeness (QED) is 0.457. The van der Waals surface area contributed by atoms with E-state index in [1.807, 2.05) is 75.4 Å². The summed E-state index contributed by atoms with van der Waals surface area (Å²) in [5, 5.41) is 0.876.